The van der Waals surface area contributed by atoms with E-state index < -0.39 is 12.1 Å². The summed E-state index contributed by atoms with van der Waals surface area (Å²) >= 11 is 3.87. The minimum Gasteiger partial charge on any atom is -0.449 e. The number of rotatable bonds is 5. The molecule has 0 unspecified atom stereocenters. The number of thioether (sulfide) groups is 2. The zero-order valence-corrected chi connectivity index (χ0v) is 15.5. The Kier molecular flexibility index (Phi) is 6.11. The van der Waals surface area contributed by atoms with Crippen molar-refractivity contribution in [1.82, 2.24) is 5.32 Å². The van der Waals surface area contributed by atoms with E-state index >= 15 is 0 Å². The largest absolute Gasteiger partial charge is 0.449 e. The zero-order valence-electron chi connectivity index (χ0n) is 13.8. The zero-order chi connectivity index (χ0) is 16.9. The molecule has 1 atom stereocenters. The number of nitrogens with one attached hydrogen (secondary N) is 1. The Morgan fingerprint density at radius 2 is 1.75 bits per heavy atom. The summed E-state index contributed by atoms with van der Waals surface area (Å²) in [6.07, 6.45) is 3.58. The number of esters is 1. The summed E-state index contributed by atoms with van der Waals surface area (Å²) in [5.74, 6) is 1.70. The van der Waals surface area contributed by atoms with Crippen molar-refractivity contribution in [3.8, 4) is 0 Å². The molecule has 4 nitrogen and oxygen atoms in total. The second-order valence-corrected chi connectivity index (χ2v) is 8.96. The van der Waals surface area contributed by atoms with Crippen LogP contribution in [0.4, 0.5) is 0 Å². The predicted molar refractivity (Wildman–Crippen MR) is 99.4 cm³/mol. The van der Waals surface area contributed by atoms with E-state index in [1.807, 2.05) is 35.7 Å². The highest BCUT2D eigenvalue weighted by molar-refractivity contribution is 8.19. The van der Waals surface area contributed by atoms with Gasteiger partial charge in [-0.25, -0.2) is 4.79 Å². The van der Waals surface area contributed by atoms with Crippen molar-refractivity contribution in [3.05, 3.63) is 35.4 Å². The highest BCUT2D eigenvalue weighted by atomic mass is 32.2. The van der Waals surface area contributed by atoms with Crippen LogP contribution in [-0.4, -0.2) is 35.5 Å². The molecule has 24 heavy (non-hydrogen) atoms. The summed E-state index contributed by atoms with van der Waals surface area (Å²) in [6, 6.07) is 7.78. The quantitative estimate of drug-likeness (QED) is 0.805. The fourth-order valence-corrected chi connectivity index (χ4v) is 5.86. The van der Waals surface area contributed by atoms with Gasteiger partial charge in [-0.2, -0.15) is 0 Å². The summed E-state index contributed by atoms with van der Waals surface area (Å²) in [5.41, 5.74) is 1.72. The maximum absolute atomic E-state index is 12.2. The van der Waals surface area contributed by atoms with Crippen LogP contribution in [0.3, 0.4) is 0 Å². The fourth-order valence-electron chi connectivity index (χ4n) is 3.00. The molecule has 130 valence electrons. The van der Waals surface area contributed by atoms with E-state index in [9.17, 15) is 9.59 Å². The van der Waals surface area contributed by atoms with Gasteiger partial charge in [0.25, 0.3) is 5.91 Å². The maximum atomic E-state index is 12.2. The van der Waals surface area contributed by atoms with Gasteiger partial charge >= 0.3 is 5.97 Å². The Labute approximate surface area is 151 Å². The van der Waals surface area contributed by atoms with Crippen molar-refractivity contribution in [1.29, 1.82) is 0 Å². The predicted octanol–water partition coefficient (Wildman–Crippen LogP) is 3.77. The van der Waals surface area contributed by atoms with Crippen LogP contribution in [0.15, 0.2) is 24.3 Å². The lowest BCUT2D eigenvalue weighted by atomic mass is 10.1. The molecule has 1 saturated carbocycles. The third-order valence-corrected chi connectivity index (χ3v) is 7.50. The van der Waals surface area contributed by atoms with Crippen molar-refractivity contribution in [2.45, 2.75) is 49.3 Å². The summed E-state index contributed by atoms with van der Waals surface area (Å²) in [7, 11) is 0. The van der Waals surface area contributed by atoms with Crippen LogP contribution in [-0.2, 0) is 9.53 Å². The first-order valence-electron chi connectivity index (χ1n) is 8.48. The third-order valence-electron chi connectivity index (χ3n) is 4.39. The molecule has 1 aromatic rings. The number of amides is 1. The lowest BCUT2D eigenvalue weighted by Gasteiger charge is -2.17. The normalized spacial score (nSPS) is 20.0. The third kappa shape index (κ3) is 4.48. The maximum Gasteiger partial charge on any atom is 0.338 e. The monoisotopic (exact) mass is 365 g/mol. The average Bonchev–Trinajstić information content (AvgIpc) is 3.28. The van der Waals surface area contributed by atoms with Crippen molar-refractivity contribution in [2.24, 2.45) is 0 Å². The molecule has 1 aromatic carbocycles. The van der Waals surface area contributed by atoms with Crippen molar-refractivity contribution >= 4 is 35.4 Å². The van der Waals surface area contributed by atoms with E-state index in [0.717, 1.165) is 25.7 Å². The van der Waals surface area contributed by atoms with E-state index in [0.29, 0.717) is 10.1 Å². The lowest BCUT2D eigenvalue weighted by Crippen LogP contribution is -2.40. The molecule has 3 rings (SSSR count). The van der Waals surface area contributed by atoms with Crippen LogP contribution in [0.25, 0.3) is 0 Å². The molecule has 1 aliphatic heterocycles. The Hall–Kier alpha value is -1.14. The Bertz CT molecular complexity index is 578. The van der Waals surface area contributed by atoms with Crippen LogP contribution in [0.1, 0.15) is 53.1 Å². The summed E-state index contributed by atoms with van der Waals surface area (Å²) in [5, 5.41) is 2.96. The van der Waals surface area contributed by atoms with Gasteiger partial charge in [-0.1, -0.05) is 25.0 Å². The lowest BCUT2D eigenvalue weighted by molar-refractivity contribution is -0.129. The number of carbonyl (C=O) groups excluding carboxylic acids is 2. The van der Waals surface area contributed by atoms with Crippen molar-refractivity contribution in [3.63, 3.8) is 0 Å². The first kappa shape index (κ1) is 17.7. The second kappa shape index (κ2) is 8.30. The van der Waals surface area contributed by atoms with E-state index in [4.69, 9.17) is 4.74 Å². The smallest absolute Gasteiger partial charge is 0.338 e. The second-order valence-electron chi connectivity index (χ2n) is 6.23. The molecule has 1 saturated heterocycles. The van der Waals surface area contributed by atoms with Gasteiger partial charge in [-0.05, 0) is 37.5 Å². The highest BCUT2D eigenvalue weighted by Crippen LogP contribution is 2.45. The Morgan fingerprint density at radius 3 is 2.38 bits per heavy atom. The van der Waals surface area contributed by atoms with Crippen LogP contribution >= 0.6 is 23.5 Å². The van der Waals surface area contributed by atoms with E-state index in [2.05, 4.69) is 5.32 Å². The fraction of sp³-hybridized carbons (Fsp3) is 0.556. The molecule has 0 bridgehead atoms. The number of benzene rings is 1. The summed E-state index contributed by atoms with van der Waals surface area (Å²) in [6.45, 7) is 1.63. The van der Waals surface area contributed by atoms with Crippen LogP contribution in [0.2, 0.25) is 0 Å². The summed E-state index contributed by atoms with van der Waals surface area (Å²) < 4.78 is 5.78. The topological polar surface area (TPSA) is 55.4 Å². The van der Waals surface area contributed by atoms with Gasteiger partial charge in [0.1, 0.15) is 0 Å². The number of ether oxygens (including phenoxy) is 1. The van der Waals surface area contributed by atoms with Gasteiger partial charge in [-0.3, -0.25) is 4.79 Å². The number of carbonyl (C=O) groups is 2. The van der Waals surface area contributed by atoms with Gasteiger partial charge in [0, 0.05) is 17.5 Å². The molecule has 1 N–H and O–H groups in total. The minimum atomic E-state index is -0.765. The van der Waals surface area contributed by atoms with Gasteiger partial charge in [0.15, 0.2) is 6.10 Å². The molecule has 1 aliphatic carbocycles. The average molecular weight is 366 g/mol. The van der Waals surface area contributed by atoms with Crippen molar-refractivity contribution < 1.29 is 14.3 Å². The molecular weight excluding hydrogens is 342 g/mol. The molecule has 0 radical (unpaired) electrons. The highest BCUT2D eigenvalue weighted by Gasteiger charge is 2.24. The first-order chi connectivity index (χ1) is 11.6. The van der Waals surface area contributed by atoms with Gasteiger partial charge in [-0.15, -0.1) is 23.5 Å². The van der Waals surface area contributed by atoms with Gasteiger partial charge in [0.2, 0.25) is 0 Å². The summed E-state index contributed by atoms with van der Waals surface area (Å²) in [4.78, 5) is 24.3. The van der Waals surface area contributed by atoms with Crippen LogP contribution in [0, 0.1) is 0 Å². The minimum absolute atomic E-state index is 0.203. The Morgan fingerprint density at radius 1 is 1.12 bits per heavy atom. The molecule has 6 heteroatoms. The molecule has 0 aromatic heterocycles. The van der Waals surface area contributed by atoms with Crippen LogP contribution < -0.4 is 5.32 Å². The molecule has 1 heterocycles. The van der Waals surface area contributed by atoms with Gasteiger partial charge < -0.3 is 10.1 Å². The molecule has 0 spiro atoms. The van der Waals surface area contributed by atoms with Crippen molar-refractivity contribution in [2.75, 3.05) is 11.5 Å². The number of hydrogen-bond acceptors (Lipinski definition) is 5. The molecular formula is C18H23NO3S2. The molecule has 2 aliphatic rings. The molecule has 1 amide bonds. The van der Waals surface area contributed by atoms with Gasteiger partial charge in [0.05, 0.1) is 10.1 Å². The number of hydrogen-bond donors (Lipinski definition) is 1. The first-order valence-corrected chi connectivity index (χ1v) is 10.6. The standard InChI is InChI=1S/C18H23NO3S2/c1-12(16(20)19-15-4-2-3-5-15)22-17(21)13-6-8-14(9-7-13)18-23-10-11-24-18/h6-9,12,15,18H,2-5,10-11H2,1H3,(H,19,20)/t12-/m1/s1. The molecule has 2 fully saturated rings. The Balaban J connectivity index is 1.52. The van der Waals surface area contributed by atoms with E-state index in [1.165, 1.54) is 17.1 Å². The van der Waals surface area contributed by atoms with Crippen LogP contribution in [0.5, 0.6) is 0 Å². The van der Waals surface area contributed by atoms with E-state index in [-0.39, 0.29) is 11.9 Å². The van der Waals surface area contributed by atoms with E-state index in [1.54, 1.807) is 19.1 Å². The SMILES string of the molecule is C[C@@H](OC(=O)c1ccc(C2SCCS2)cc1)C(=O)NC1CCCC1.